The van der Waals surface area contributed by atoms with Gasteiger partial charge in [0.05, 0.1) is 31.6 Å². The summed E-state index contributed by atoms with van der Waals surface area (Å²) in [6.45, 7) is 3.73. The molecule has 0 aliphatic carbocycles. The molecule has 3 heterocycles. The Morgan fingerprint density at radius 2 is 2.12 bits per heavy atom. The molecule has 3 aromatic rings. The van der Waals surface area contributed by atoms with Crippen molar-refractivity contribution in [2.45, 2.75) is 32.1 Å². The highest BCUT2D eigenvalue weighted by Crippen LogP contribution is 2.27. The van der Waals surface area contributed by atoms with Crippen molar-refractivity contribution in [3.63, 3.8) is 0 Å². The zero-order valence-electron chi connectivity index (χ0n) is 17.7. The van der Waals surface area contributed by atoms with Crippen LogP contribution in [0.25, 0.3) is 0 Å². The van der Waals surface area contributed by atoms with Gasteiger partial charge < -0.3 is 24.7 Å². The van der Waals surface area contributed by atoms with Crippen LogP contribution >= 0.6 is 11.3 Å². The fourth-order valence-electron chi connectivity index (χ4n) is 3.54. The van der Waals surface area contributed by atoms with Gasteiger partial charge in [-0.15, -0.1) is 0 Å². The molecule has 1 saturated heterocycles. The molecule has 2 N–H and O–H groups in total. The summed E-state index contributed by atoms with van der Waals surface area (Å²) in [6, 6.07) is 9.72. The van der Waals surface area contributed by atoms with Crippen molar-refractivity contribution in [2.24, 2.45) is 0 Å². The molecule has 4 rings (SSSR count). The van der Waals surface area contributed by atoms with E-state index >= 15 is 0 Å². The Bertz CT molecular complexity index is 1020. The van der Waals surface area contributed by atoms with Crippen LogP contribution in [-0.4, -0.2) is 58.7 Å². The Hall–Kier alpha value is -3.24. The number of ether oxygens (including phenoxy) is 2. The fraction of sp³-hybridized carbons (Fsp3) is 0.364. The standard InChI is InChI=1S/C22H25N5O4S/c1-2-30-21(29)18-12-25-22(32-18)27-11-8-16(26-20(28)19-23-9-10-24-19)17(13-27)31-14-15-6-4-3-5-7-15/h3-7,9-10,12,16-17H,2,8,11,13-14H2,1H3,(H,23,24)(H,26,28). The van der Waals surface area contributed by atoms with Gasteiger partial charge in [-0.3, -0.25) is 4.79 Å². The van der Waals surface area contributed by atoms with Crippen molar-refractivity contribution in [2.75, 3.05) is 24.6 Å². The first-order chi connectivity index (χ1) is 15.6. The van der Waals surface area contributed by atoms with E-state index in [0.717, 1.165) is 10.7 Å². The van der Waals surface area contributed by atoms with E-state index in [4.69, 9.17) is 9.47 Å². The first-order valence-corrected chi connectivity index (χ1v) is 11.3. The van der Waals surface area contributed by atoms with E-state index in [9.17, 15) is 9.59 Å². The number of thiazole rings is 1. The summed E-state index contributed by atoms with van der Waals surface area (Å²) in [5.74, 6) is -0.359. The van der Waals surface area contributed by atoms with Gasteiger partial charge in [0.1, 0.15) is 4.88 Å². The number of imidazole rings is 1. The summed E-state index contributed by atoms with van der Waals surface area (Å²) in [5.41, 5.74) is 1.06. The molecule has 1 aromatic carbocycles. The number of piperidine rings is 1. The van der Waals surface area contributed by atoms with Gasteiger partial charge in [0.2, 0.25) is 0 Å². The van der Waals surface area contributed by atoms with Crippen molar-refractivity contribution in [1.29, 1.82) is 0 Å². The molecule has 0 radical (unpaired) electrons. The number of H-pyrrole nitrogens is 1. The van der Waals surface area contributed by atoms with Crippen molar-refractivity contribution in [3.8, 4) is 0 Å². The molecule has 0 spiro atoms. The van der Waals surface area contributed by atoms with Gasteiger partial charge >= 0.3 is 5.97 Å². The number of esters is 1. The number of carbonyl (C=O) groups is 2. The number of anilines is 1. The van der Waals surface area contributed by atoms with E-state index < -0.39 is 0 Å². The van der Waals surface area contributed by atoms with E-state index in [2.05, 4.69) is 25.2 Å². The molecule has 1 fully saturated rings. The molecule has 1 amide bonds. The van der Waals surface area contributed by atoms with Crippen molar-refractivity contribution < 1.29 is 19.1 Å². The minimum atomic E-state index is -0.367. The smallest absolute Gasteiger partial charge is 0.350 e. The molecule has 9 nitrogen and oxygen atoms in total. The van der Waals surface area contributed by atoms with E-state index in [1.807, 2.05) is 30.3 Å². The van der Waals surface area contributed by atoms with Crippen LogP contribution in [-0.2, 0) is 16.1 Å². The molecule has 2 aromatic heterocycles. The number of carbonyl (C=O) groups excluding carboxylic acids is 2. The Kier molecular flexibility index (Phi) is 7.13. The number of nitrogens with zero attached hydrogens (tertiary/aromatic N) is 3. The van der Waals surface area contributed by atoms with Crippen LogP contribution in [0.4, 0.5) is 5.13 Å². The summed E-state index contributed by atoms with van der Waals surface area (Å²) < 4.78 is 11.3. The number of aromatic nitrogens is 3. The molecule has 2 atom stereocenters. The van der Waals surface area contributed by atoms with Crippen LogP contribution in [0.5, 0.6) is 0 Å². The molecular weight excluding hydrogens is 430 g/mol. The normalized spacial score (nSPS) is 18.3. The van der Waals surface area contributed by atoms with Crippen LogP contribution in [0.3, 0.4) is 0 Å². The van der Waals surface area contributed by atoms with Gasteiger partial charge in [-0.2, -0.15) is 0 Å². The molecule has 1 aliphatic rings. The minimum absolute atomic E-state index is 0.183. The number of benzene rings is 1. The molecule has 168 valence electrons. The van der Waals surface area contributed by atoms with Crippen molar-refractivity contribution in [1.82, 2.24) is 20.3 Å². The Labute approximate surface area is 189 Å². The molecule has 10 heteroatoms. The van der Waals surface area contributed by atoms with Gasteiger partial charge in [0.15, 0.2) is 11.0 Å². The average molecular weight is 456 g/mol. The molecule has 0 bridgehead atoms. The maximum Gasteiger partial charge on any atom is 0.350 e. The average Bonchev–Trinajstić information content (AvgIpc) is 3.52. The quantitative estimate of drug-likeness (QED) is 0.503. The topological polar surface area (TPSA) is 109 Å². The number of hydrogen-bond acceptors (Lipinski definition) is 8. The fourth-order valence-corrected chi connectivity index (χ4v) is 4.38. The second kappa shape index (κ2) is 10.4. The highest BCUT2D eigenvalue weighted by Gasteiger charge is 2.33. The predicted octanol–water partition coefficient (Wildman–Crippen LogP) is 2.64. The monoisotopic (exact) mass is 455 g/mol. The van der Waals surface area contributed by atoms with Gasteiger partial charge in [-0.05, 0) is 18.9 Å². The molecular formula is C22H25N5O4S. The third kappa shape index (κ3) is 5.32. The molecule has 2 unspecified atom stereocenters. The Morgan fingerprint density at radius 3 is 2.88 bits per heavy atom. The van der Waals surface area contributed by atoms with Crippen LogP contribution in [0, 0.1) is 0 Å². The Morgan fingerprint density at radius 1 is 1.28 bits per heavy atom. The van der Waals surface area contributed by atoms with Gasteiger partial charge in [-0.1, -0.05) is 41.7 Å². The Balaban J connectivity index is 1.46. The van der Waals surface area contributed by atoms with Crippen LogP contribution in [0.2, 0.25) is 0 Å². The summed E-state index contributed by atoms with van der Waals surface area (Å²) >= 11 is 1.30. The molecule has 32 heavy (non-hydrogen) atoms. The number of rotatable bonds is 8. The summed E-state index contributed by atoms with van der Waals surface area (Å²) in [6.07, 6.45) is 5.11. The van der Waals surface area contributed by atoms with Crippen LogP contribution in [0.15, 0.2) is 48.9 Å². The van der Waals surface area contributed by atoms with Crippen molar-refractivity contribution >= 4 is 28.3 Å². The molecule has 0 saturated carbocycles. The van der Waals surface area contributed by atoms with Crippen LogP contribution < -0.4 is 10.2 Å². The number of aromatic amines is 1. The summed E-state index contributed by atoms with van der Waals surface area (Å²) in [7, 11) is 0. The highest BCUT2D eigenvalue weighted by molar-refractivity contribution is 7.17. The summed E-state index contributed by atoms with van der Waals surface area (Å²) in [5, 5.41) is 3.78. The lowest BCUT2D eigenvalue weighted by Gasteiger charge is -2.38. The summed E-state index contributed by atoms with van der Waals surface area (Å²) in [4.78, 5) is 38.4. The largest absolute Gasteiger partial charge is 0.462 e. The van der Waals surface area contributed by atoms with Gasteiger partial charge in [0, 0.05) is 25.5 Å². The number of hydrogen-bond donors (Lipinski definition) is 2. The number of nitrogens with one attached hydrogen (secondary N) is 2. The zero-order valence-corrected chi connectivity index (χ0v) is 18.5. The third-order valence-corrected chi connectivity index (χ3v) is 6.17. The lowest BCUT2D eigenvalue weighted by Crippen LogP contribution is -2.55. The van der Waals surface area contributed by atoms with E-state index in [1.165, 1.54) is 11.3 Å². The van der Waals surface area contributed by atoms with Gasteiger partial charge in [-0.25, -0.2) is 14.8 Å². The lowest BCUT2D eigenvalue weighted by molar-refractivity contribution is 0.00961. The first-order valence-electron chi connectivity index (χ1n) is 10.5. The lowest BCUT2D eigenvalue weighted by atomic mass is 10.0. The highest BCUT2D eigenvalue weighted by atomic mass is 32.1. The van der Waals surface area contributed by atoms with E-state index in [0.29, 0.717) is 37.6 Å². The maximum atomic E-state index is 12.5. The minimum Gasteiger partial charge on any atom is -0.462 e. The van der Waals surface area contributed by atoms with Crippen molar-refractivity contribution in [3.05, 3.63) is 65.2 Å². The second-order valence-corrected chi connectivity index (χ2v) is 8.32. The first kappa shape index (κ1) is 22.0. The third-order valence-electron chi connectivity index (χ3n) is 5.14. The zero-order chi connectivity index (χ0) is 22.3. The maximum absolute atomic E-state index is 12.5. The van der Waals surface area contributed by atoms with Crippen LogP contribution in [0.1, 0.15) is 39.2 Å². The second-order valence-electron chi connectivity index (χ2n) is 7.32. The SMILES string of the molecule is CCOC(=O)c1cnc(N2CCC(NC(=O)c3ncc[nH]3)C(OCc3ccccc3)C2)s1. The van der Waals surface area contributed by atoms with E-state index in [1.54, 1.807) is 25.5 Å². The predicted molar refractivity (Wildman–Crippen MR) is 120 cm³/mol. The van der Waals surface area contributed by atoms with E-state index in [-0.39, 0.29) is 29.8 Å². The number of amides is 1. The van der Waals surface area contributed by atoms with Gasteiger partial charge in [0.25, 0.3) is 5.91 Å². The molecule has 1 aliphatic heterocycles.